The van der Waals surface area contributed by atoms with Crippen LogP contribution in [0, 0.1) is 11.6 Å². The molecular weight excluding hydrogens is 420 g/mol. The van der Waals surface area contributed by atoms with E-state index in [-0.39, 0.29) is 23.4 Å². The molecule has 1 spiro atoms. The van der Waals surface area contributed by atoms with Crippen molar-refractivity contribution in [1.82, 2.24) is 9.80 Å². The number of halogens is 2. The van der Waals surface area contributed by atoms with Gasteiger partial charge in [0.2, 0.25) is 0 Å². The molecule has 9 heteroatoms. The minimum Gasteiger partial charge on any atom is -0.478 e. The summed E-state index contributed by atoms with van der Waals surface area (Å²) in [6.07, 6.45) is 1.46. The number of carbonyl (C=O) groups is 2. The Morgan fingerprint density at radius 2 is 1.62 bits per heavy atom. The predicted molar refractivity (Wildman–Crippen MR) is 113 cm³/mol. The number of ether oxygens (including phenoxy) is 1. The Balaban J connectivity index is 1.32. The molecule has 7 nitrogen and oxygen atoms in total. The van der Waals surface area contributed by atoms with Gasteiger partial charge in [-0.15, -0.1) is 0 Å². The van der Waals surface area contributed by atoms with Gasteiger partial charge in [-0.2, -0.15) is 0 Å². The van der Waals surface area contributed by atoms with Gasteiger partial charge < -0.3 is 20.5 Å². The largest absolute Gasteiger partial charge is 0.478 e. The van der Waals surface area contributed by atoms with Crippen molar-refractivity contribution < 1.29 is 28.2 Å². The van der Waals surface area contributed by atoms with Gasteiger partial charge in [-0.3, -0.25) is 4.90 Å². The van der Waals surface area contributed by atoms with E-state index in [1.54, 1.807) is 17.0 Å². The molecular formula is C23H25F2N3O4. The van der Waals surface area contributed by atoms with Crippen molar-refractivity contribution in [3.8, 4) is 0 Å². The first-order valence-corrected chi connectivity index (χ1v) is 10.5. The summed E-state index contributed by atoms with van der Waals surface area (Å²) in [7, 11) is 0. The summed E-state index contributed by atoms with van der Waals surface area (Å²) in [5.41, 5.74) is 5.98. The highest BCUT2D eigenvalue weighted by atomic mass is 19.1. The van der Waals surface area contributed by atoms with Gasteiger partial charge >= 0.3 is 12.1 Å². The molecule has 170 valence electrons. The van der Waals surface area contributed by atoms with E-state index in [0.29, 0.717) is 45.4 Å². The van der Waals surface area contributed by atoms with E-state index in [0.717, 1.165) is 17.7 Å². The normalized spacial score (nSPS) is 18.6. The van der Waals surface area contributed by atoms with Crippen LogP contribution in [0.3, 0.4) is 0 Å². The lowest BCUT2D eigenvalue weighted by Crippen LogP contribution is -2.54. The van der Waals surface area contributed by atoms with Gasteiger partial charge in [0, 0.05) is 63.2 Å². The highest BCUT2D eigenvalue weighted by molar-refractivity contribution is 5.87. The van der Waals surface area contributed by atoms with Crippen LogP contribution in [-0.4, -0.2) is 52.2 Å². The van der Waals surface area contributed by atoms with Gasteiger partial charge in [0.1, 0.15) is 17.2 Å². The number of aromatic carboxylic acids is 1. The van der Waals surface area contributed by atoms with E-state index >= 15 is 0 Å². The molecule has 2 aromatic rings. The van der Waals surface area contributed by atoms with Crippen LogP contribution < -0.4 is 5.73 Å². The Hall–Kier alpha value is -3.20. The van der Waals surface area contributed by atoms with Crippen LogP contribution in [-0.2, 0) is 17.8 Å². The SMILES string of the molecule is Nc1cc(F)c(CN2CCC3(CC2)CCN(Cc2ccc(C(=O)O)cc2)C(=O)O3)c(F)c1. The lowest BCUT2D eigenvalue weighted by Gasteiger charge is -2.46. The van der Waals surface area contributed by atoms with Crippen LogP contribution in [0.4, 0.5) is 19.3 Å². The molecule has 0 radical (unpaired) electrons. The Morgan fingerprint density at radius 1 is 1.03 bits per heavy atom. The Morgan fingerprint density at radius 3 is 2.19 bits per heavy atom. The zero-order chi connectivity index (χ0) is 22.9. The molecule has 0 atom stereocenters. The molecule has 2 aliphatic heterocycles. The number of likely N-dealkylation sites (tertiary alicyclic amines) is 1. The highest BCUT2D eigenvalue weighted by Gasteiger charge is 2.43. The number of hydrogen-bond acceptors (Lipinski definition) is 5. The molecule has 2 aromatic carbocycles. The maximum atomic E-state index is 14.1. The summed E-state index contributed by atoms with van der Waals surface area (Å²) in [5.74, 6) is -2.30. The van der Waals surface area contributed by atoms with Crippen LogP contribution >= 0.6 is 0 Å². The first-order chi connectivity index (χ1) is 15.2. The van der Waals surface area contributed by atoms with Crippen LogP contribution in [0.25, 0.3) is 0 Å². The fourth-order valence-corrected chi connectivity index (χ4v) is 4.32. The number of rotatable bonds is 5. The summed E-state index contributed by atoms with van der Waals surface area (Å²) in [6.45, 7) is 2.14. The molecule has 0 saturated carbocycles. The van der Waals surface area contributed by atoms with E-state index < -0.39 is 29.3 Å². The third kappa shape index (κ3) is 4.67. The number of carbonyl (C=O) groups excluding carboxylic acids is 1. The number of hydrogen-bond donors (Lipinski definition) is 2. The van der Waals surface area contributed by atoms with E-state index in [9.17, 15) is 18.4 Å². The number of piperidine rings is 1. The predicted octanol–water partition coefficient (Wildman–Crippen LogP) is 3.62. The number of benzene rings is 2. The average Bonchev–Trinajstić information content (AvgIpc) is 2.75. The van der Waals surface area contributed by atoms with Gasteiger partial charge in [0.15, 0.2) is 0 Å². The molecule has 32 heavy (non-hydrogen) atoms. The monoisotopic (exact) mass is 445 g/mol. The maximum absolute atomic E-state index is 14.1. The van der Waals surface area contributed by atoms with Gasteiger partial charge in [0.05, 0.1) is 5.56 Å². The minimum absolute atomic E-state index is 0.00381. The van der Waals surface area contributed by atoms with Crippen molar-refractivity contribution in [1.29, 1.82) is 0 Å². The number of amides is 1. The first-order valence-electron chi connectivity index (χ1n) is 10.5. The number of carboxylic acid groups (broad SMARTS) is 1. The van der Waals surface area contributed by atoms with Gasteiger partial charge in [-0.25, -0.2) is 18.4 Å². The summed E-state index contributed by atoms with van der Waals surface area (Å²) in [6, 6.07) is 8.64. The van der Waals surface area contributed by atoms with Crippen molar-refractivity contribution in [2.45, 2.75) is 38.0 Å². The lowest BCUT2D eigenvalue weighted by atomic mass is 9.86. The molecule has 0 aromatic heterocycles. The summed E-state index contributed by atoms with van der Waals surface area (Å²) in [4.78, 5) is 27.1. The van der Waals surface area contributed by atoms with Crippen LogP contribution in [0.2, 0.25) is 0 Å². The van der Waals surface area contributed by atoms with Crippen LogP contribution in [0.15, 0.2) is 36.4 Å². The van der Waals surface area contributed by atoms with E-state index in [1.807, 2.05) is 4.90 Å². The van der Waals surface area contributed by atoms with Crippen molar-refractivity contribution in [3.63, 3.8) is 0 Å². The van der Waals surface area contributed by atoms with Crippen molar-refractivity contribution in [2.24, 2.45) is 0 Å². The second-order valence-electron chi connectivity index (χ2n) is 8.46. The number of anilines is 1. The van der Waals surface area contributed by atoms with Crippen molar-refractivity contribution in [2.75, 3.05) is 25.4 Å². The Kier molecular flexibility index (Phi) is 6.01. The third-order valence-electron chi connectivity index (χ3n) is 6.29. The topological polar surface area (TPSA) is 96.1 Å². The highest BCUT2D eigenvalue weighted by Crippen LogP contribution is 2.35. The van der Waals surface area contributed by atoms with Gasteiger partial charge in [0.25, 0.3) is 0 Å². The molecule has 2 aliphatic rings. The second-order valence-corrected chi connectivity index (χ2v) is 8.46. The van der Waals surface area contributed by atoms with Gasteiger partial charge in [-0.1, -0.05) is 12.1 Å². The van der Waals surface area contributed by atoms with Crippen molar-refractivity contribution >= 4 is 17.7 Å². The first kappa shape index (κ1) is 22.0. The molecule has 3 N–H and O–H groups in total. The summed E-state index contributed by atoms with van der Waals surface area (Å²) < 4.78 is 34.0. The third-order valence-corrected chi connectivity index (χ3v) is 6.29. The van der Waals surface area contributed by atoms with E-state index in [1.165, 1.54) is 12.1 Å². The Bertz CT molecular complexity index is 997. The molecule has 1 amide bonds. The quantitative estimate of drug-likeness (QED) is 0.683. The number of carboxylic acids is 1. The lowest BCUT2D eigenvalue weighted by molar-refractivity contribution is -0.0833. The smallest absolute Gasteiger partial charge is 0.410 e. The zero-order valence-electron chi connectivity index (χ0n) is 17.5. The molecule has 2 saturated heterocycles. The molecule has 2 heterocycles. The second kappa shape index (κ2) is 8.74. The molecule has 0 aliphatic carbocycles. The summed E-state index contributed by atoms with van der Waals surface area (Å²) in [5, 5.41) is 8.99. The number of nitrogens with two attached hydrogens (primary N) is 1. The Labute approximate surface area is 184 Å². The molecule has 0 bridgehead atoms. The fourth-order valence-electron chi connectivity index (χ4n) is 4.32. The van der Waals surface area contributed by atoms with E-state index in [4.69, 9.17) is 15.6 Å². The molecule has 4 rings (SSSR count). The standard InChI is InChI=1S/C23H25F2N3O4/c24-19-11-17(26)12-20(25)18(19)14-27-8-5-23(6-9-27)7-10-28(22(31)32-23)13-15-1-3-16(4-2-15)21(29)30/h1-4,11-12H,5-10,13-14,26H2,(H,29,30). The van der Waals surface area contributed by atoms with Crippen LogP contribution in [0.1, 0.15) is 40.7 Å². The fraction of sp³-hybridized carbons (Fsp3) is 0.391. The number of nitrogen functional groups attached to an aromatic ring is 1. The van der Waals surface area contributed by atoms with Gasteiger partial charge in [-0.05, 0) is 29.8 Å². The average molecular weight is 445 g/mol. The molecule has 0 unspecified atom stereocenters. The van der Waals surface area contributed by atoms with Crippen LogP contribution in [0.5, 0.6) is 0 Å². The summed E-state index contributed by atoms with van der Waals surface area (Å²) >= 11 is 0. The minimum atomic E-state index is -0.996. The number of nitrogens with zero attached hydrogens (tertiary/aromatic N) is 2. The maximum Gasteiger partial charge on any atom is 0.410 e. The molecule has 2 fully saturated rings. The van der Waals surface area contributed by atoms with Crippen molar-refractivity contribution in [3.05, 3.63) is 64.7 Å². The van der Waals surface area contributed by atoms with E-state index in [2.05, 4.69) is 0 Å². The zero-order valence-corrected chi connectivity index (χ0v) is 17.5.